The number of rotatable bonds is 0. The van der Waals surface area contributed by atoms with Gasteiger partial charge in [0.15, 0.2) is 0 Å². The second-order valence-corrected chi connectivity index (χ2v) is 4.43. The number of aromatic nitrogens is 1. The topological polar surface area (TPSA) is 64.9 Å². The Morgan fingerprint density at radius 1 is 0.833 bits per heavy atom. The Hall–Kier alpha value is -2.03. The summed E-state index contributed by atoms with van der Waals surface area (Å²) in [6.45, 7) is 8.08. The average Bonchev–Trinajstić information content (AvgIpc) is 2.34. The number of nitrogens with two attached hydrogens (primary N) is 2. The number of benzene rings is 1. The van der Waals surface area contributed by atoms with Gasteiger partial charge in [-0.3, -0.25) is 0 Å². The molecule has 0 atom stereocenters. The molecule has 1 aromatic heterocycles. The Bertz CT molecular complexity index is 443. The van der Waals surface area contributed by atoms with Crippen LogP contribution in [0.5, 0.6) is 0 Å². The molecule has 0 unspecified atom stereocenters. The van der Waals surface area contributed by atoms with Crippen molar-refractivity contribution in [1.29, 1.82) is 0 Å². The Kier molecular flexibility index (Phi) is 4.72. The average molecular weight is 243 g/mol. The van der Waals surface area contributed by atoms with Crippen LogP contribution in [0.15, 0.2) is 30.5 Å². The summed E-state index contributed by atoms with van der Waals surface area (Å²) in [4.78, 5) is 3.92. The van der Waals surface area contributed by atoms with Gasteiger partial charge in [-0.1, -0.05) is 12.1 Å². The number of hydrogen-bond donors (Lipinski definition) is 2. The summed E-state index contributed by atoms with van der Waals surface area (Å²) in [7, 11) is 0. The van der Waals surface area contributed by atoms with E-state index in [4.69, 9.17) is 11.5 Å². The zero-order valence-electron chi connectivity index (χ0n) is 11.5. The molecule has 0 aliphatic carbocycles. The van der Waals surface area contributed by atoms with Crippen molar-refractivity contribution in [3.8, 4) is 0 Å². The number of nitrogen functional groups attached to an aromatic ring is 2. The van der Waals surface area contributed by atoms with Crippen LogP contribution in [0, 0.1) is 27.7 Å². The molecule has 1 aromatic carbocycles. The highest BCUT2D eigenvalue weighted by Gasteiger charge is 1.94. The molecule has 2 rings (SSSR count). The molecule has 3 nitrogen and oxygen atoms in total. The van der Waals surface area contributed by atoms with Crippen LogP contribution in [0.25, 0.3) is 0 Å². The summed E-state index contributed by atoms with van der Waals surface area (Å²) in [5.41, 5.74) is 16.7. The first-order valence-corrected chi connectivity index (χ1v) is 5.93. The first-order chi connectivity index (χ1) is 8.43. The summed E-state index contributed by atoms with van der Waals surface area (Å²) < 4.78 is 0. The van der Waals surface area contributed by atoms with Crippen molar-refractivity contribution in [2.45, 2.75) is 27.7 Å². The number of pyridine rings is 1. The van der Waals surface area contributed by atoms with Gasteiger partial charge in [-0.2, -0.15) is 0 Å². The SMILES string of the molecule is Cc1cccc(N)c1C.Cc1ccnc(N)c1C. The van der Waals surface area contributed by atoms with Crippen molar-refractivity contribution < 1.29 is 0 Å². The predicted molar refractivity (Wildman–Crippen MR) is 78.5 cm³/mol. The number of aryl methyl sites for hydroxylation is 2. The largest absolute Gasteiger partial charge is 0.399 e. The van der Waals surface area contributed by atoms with E-state index in [2.05, 4.69) is 18.0 Å². The van der Waals surface area contributed by atoms with Crippen LogP contribution >= 0.6 is 0 Å². The van der Waals surface area contributed by atoms with E-state index >= 15 is 0 Å². The maximum Gasteiger partial charge on any atom is 0.126 e. The van der Waals surface area contributed by atoms with Gasteiger partial charge in [0.25, 0.3) is 0 Å². The van der Waals surface area contributed by atoms with Crippen molar-refractivity contribution in [1.82, 2.24) is 4.98 Å². The standard InChI is InChI=1S/C8H11N.C7H10N2/c1-6-4-3-5-8(9)7(6)2;1-5-3-4-9-7(8)6(5)2/h3-5H,9H2,1-2H3;3-4H,1-2H3,(H2,8,9). The monoisotopic (exact) mass is 243 g/mol. The van der Waals surface area contributed by atoms with Crippen LogP contribution in [0.2, 0.25) is 0 Å². The van der Waals surface area contributed by atoms with Crippen molar-refractivity contribution in [2.24, 2.45) is 0 Å². The van der Waals surface area contributed by atoms with Gasteiger partial charge in [-0.15, -0.1) is 0 Å². The number of anilines is 2. The van der Waals surface area contributed by atoms with Gasteiger partial charge in [0, 0.05) is 11.9 Å². The molecule has 0 radical (unpaired) electrons. The lowest BCUT2D eigenvalue weighted by Gasteiger charge is -2.00. The van der Waals surface area contributed by atoms with E-state index in [1.807, 2.05) is 39.0 Å². The molecule has 0 spiro atoms. The molecule has 0 amide bonds. The highest BCUT2D eigenvalue weighted by molar-refractivity contribution is 5.49. The summed E-state index contributed by atoms with van der Waals surface area (Å²) in [6, 6.07) is 7.90. The fraction of sp³-hybridized carbons (Fsp3) is 0.267. The van der Waals surface area contributed by atoms with Gasteiger partial charge in [-0.25, -0.2) is 4.98 Å². The van der Waals surface area contributed by atoms with Gasteiger partial charge in [-0.05, 0) is 62.1 Å². The first-order valence-electron chi connectivity index (χ1n) is 5.93. The predicted octanol–water partition coefficient (Wildman–Crippen LogP) is 3.17. The fourth-order valence-corrected chi connectivity index (χ4v) is 1.43. The molecule has 0 fully saturated rings. The summed E-state index contributed by atoms with van der Waals surface area (Å²) in [6.07, 6.45) is 1.72. The normalized spacial score (nSPS) is 9.56. The van der Waals surface area contributed by atoms with Gasteiger partial charge >= 0.3 is 0 Å². The summed E-state index contributed by atoms with van der Waals surface area (Å²) in [5.74, 6) is 0.634. The third-order valence-corrected chi connectivity index (χ3v) is 3.16. The van der Waals surface area contributed by atoms with Gasteiger partial charge in [0.2, 0.25) is 0 Å². The lowest BCUT2D eigenvalue weighted by atomic mass is 10.1. The molecule has 0 saturated carbocycles. The maximum atomic E-state index is 5.62. The van der Waals surface area contributed by atoms with E-state index in [9.17, 15) is 0 Å². The van der Waals surface area contributed by atoms with Crippen LogP contribution in [-0.2, 0) is 0 Å². The van der Waals surface area contributed by atoms with E-state index in [1.54, 1.807) is 6.20 Å². The highest BCUT2D eigenvalue weighted by atomic mass is 14.8. The molecule has 0 saturated heterocycles. The first kappa shape index (κ1) is 14.0. The highest BCUT2D eigenvalue weighted by Crippen LogP contribution is 2.13. The maximum absolute atomic E-state index is 5.62. The van der Waals surface area contributed by atoms with Crippen LogP contribution in [0.3, 0.4) is 0 Å². The summed E-state index contributed by atoms with van der Waals surface area (Å²) in [5, 5.41) is 0. The second kappa shape index (κ2) is 6.05. The molecule has 96 valence electrons. The second-order valence-electron chi connectivity index (χ2n) is 4.43. The van der Waals surface area contributed by atoms with Crippen molar-refractivity contribution in [3.05, 3.63) is 52.7 Å². The quantitative estimate of drug-likeness (QED) is 0.698. The molecule has 4 N–H and O–H groups in total. The molecular weight excluding hydrogens is 222 g/mol. The van der Waals surface area contributed by atoms with Crippen LogP contribution in [0.4, 0.5) is 11.5 Å². The van der Waals surface area contributed by atoms with Crippen molar-refractivity contribution >= 4 is 11.5 Å². The Labute approximate surface area is 109 Å². The van der Waals surface area contributed by atoms with E-state index < -0.39 is 0 Å². The third-order valence-electron chi connectivity index (χ3n) is 3.16. The lowest BCUT2D eigenvalue weighted by Crippen LogP contribution is -1.94. The van der Waals surface area contributed by atoms with Gasteiger partial charge in [0.1, 0.15) is 5.82 Å². The van der Waals surface area contributed by atoms with Crippen LogP contribution < -0.4 is 11.5 Å². The molecule has 0 aliphatic heterocycles. The zero-order valence-corrected chi connectivity index (χ0v) is 11.5. The third kappa shape index (κ3) is 3.48. The Balaban J connectivity index is 0.000000180. The minimum atomic E-state index is 0.634. The molecule has 0 bridgehead atoms. The van der Waals surface area contributed by atoms with Crippen LogP contribution in [-0.4, -0.2) is 4.98 Å². The Morgan fingerprint density at radius 3 is 1.89 bits per heavy atom. The van der Waals surface area contributed by atoms with Gasteiger partial charge < -0.3 is 11.5 Å². The molecule has 2 aromatic rings. The Morgan fingerprint density at radius 2 is 1.44 bits per heavy atom. The zero-order chi connectivity index (χ0) is 13.7. The lowest BCUT2D eigenvalue weighted by molar-refractivity contribution is 1.23. The molecule has 18 heavy (non-hydrogen) atoms. The van der Waals surface area contributed by atoms with E-state index in [0.717, 1.165) is 11.3 Å². The van der Waals surface area contributed by atoms with Crippen LogP contribution in [0.1, 0.15) is 22.3 Å². The van der Waals surface area contributed by atoms with Crippen molar-refractivity contribution in [2.75, 3.05) is 11.5 Å². The number of hydrogen-bond acceptors (Lipinski definition) is 3. The van der Waals surface area contributed by atoms with E-state index in [0.29, 0.717) is 5.82 Å². The minimum absolute atomic E-state index is 0.634. The smallest absolute Gasteiger partial charge is 0.126 e. The minimum Gasteiger partial charge on any atom is -0.399 e. The number of nitrogens with zero attached hydrogens (tertiary/aromatic N) is 1. The molecule has 3 heteroatoms. The van der Waals surface area contributed by atoms with E-state index in [-0.39, 0.29) is 0 Å². The fourth-order valence-electron chi connectivity index (χ4n) is 1.43. The molecule has 0 aliphatic rings. The molecule has 1 heterocycles. The molecular formula is C15H21N3. The van der Waals surface area contributed by atoms with Gasteiger partial charge in [0.05, 0.1) is 0 Å². The van der Waals surface area contributed by atoms with Crippen molar-refractivity contribution in [3.63, 3.8) is 0 Å². The van der Waals surface area contributed by atoms with E-state index in [1.165, 1.54) is 16.7 Å². The summed E-state index contributed by atoms with van der Waals surface area (Å²) >= 11 is 0.